The first-order valence-electron chi connectivity index (χ1n) is 9.78. The minimum absolute atomic E-state index is 0.0737. The molecule has 2 heterocycles. The Morgan fingerprint density at radius 3 is 2.73 bits per heavy atom. The normalized spacial score (nSPS) is 13.2. The van der Waals surface area contributed by atoms with Gasteiger partial charge < -0.3 is 10.4 Å². The number of hydrogen-bond acceptors (Lipinski definition) is 4. The molecule has 0 saturated carbocycles. The first-order chi connectivity index (χ1) is 14.7. The van der Waals surface area contributed by atoms with Crippen molar-refractivity contribution in [1.29, 1.82) is 0 Å². The van der Waals surface area contributed by atoms with Gasteiger partial charge in [-0.1, -0.05) is 48.5 Å². The first-order valence-corrected chi connectivity index (χ1v) is 9.78. The molecule has 5 nitrogen and oxygen atoms in total. The van der Waals surface area contributed by atoms with Gasteiger partial charge >= 0.3 is 0 Å². The lowest BCUT2D eigenvalue weighted by Gasteiger charge is -2.21. The summed E-state index contributed by atoms with van der Waals surface area (Å²) in [5.41, 5.74) is 4.51. The molecular formula is C25H19N3O2. The molecule has 1 unspecified atom stereocenters. The van der Waals surface area contributed by atoms with Crippen LogP contribution in [-0.4, -0.2) is 22.2 Å². The fourth-order valence-corrected chi connectivity index (χ4v) is 3.84. The standard InChI is InChI=1S/C25H19N3O2/c29-24-20(10-8-17-7-4-13-27-23(17)24)22(16-5-2-1-3-6-16)28-25(30)19-9-11-21-18(15-19)12-14-26-21/h1-11,13-15,22,29H,12H2,(H,28,30). The summed E-state index contributed by atoms with van der Waals surface area (Å²) < 4.78 is 0. The lowest BCUT2D eigenvalue weighted by molar-refractivity contribution is 0.0942. The largest absolute Gasteiger partial charge is 0.505 e. The zero-order valence-corrected chi connectivity index (χ0v) is 16.1. The third-order valence-electron chi connectivity index (χ3n) is 5.38. The molecule has 0 aliphatic carbocycles. The second-order valence-electron chi connectivity index (χ2n) is 7.25. The molecule has 1 amide bonds. The number of carbonyl (C=O) groups excluding carboxylic acids is 1. The Morgan fingerprint density at radius 2 is 1.87 bits per heavy atom. The maximum Gasteiger partial charge on any atom is 0.252 e. The number of amides is 1. The van der Waals surface area contributed by atoms with Crippen molar-refractivity contribution < 1.29 is 9.90 Å². The van der Waals surface area contributed by atoms with Crippen LogP contribution in [0.4, 0.5) is 5.69 Å². The number of aromatic hydroxyl groups is 1. The summed E-state index contributed by atoms with van der Waals surface area (Å²) in [5, 5.41) is 14.9. The van der Waals surface area contributed by atoms with Gasteiger partial charge in [-0.25, -0.2) is 0 Å². The summed E-state index contributed by atoms with van der Waals surface area (Å²) in [6.07, 6.45) is 4.23. The Bertz CT molecular complexity index is 1280. The van der Waals surface area contributed by atoms with Crippen LogP contribution in [0, 0.1) is 0 Å². The molecule has 2 N–H and O–H groups in total. The van der Waals surface area contributed by atoms with Crippen LogP contribution in [-0.2, 0) is 6.42 Å². The van der Waals surface area contributed by atoms with Gasteiger partial charge in [-0.3, -0.25) is 14.8 Å². The van der Waals surface area contributed by atoms with Crippen molar-refractivity contribution in [2.45, 2.75) is 12.5 Å². The molecule has 5 heteroatoms. The van der Waals surface area contributed by atoms with E-state index in [9.17, 15) is 9.90 Å². The van der Waals surface area contributed by atoms with E-state index in [1.807, 2.05) is 72.9 Å². The van der Waals surface area contributed by atoms with Crippen LogP contribution in [0.25, 0.3) is 10.9 Å². The molecule has 30 heavy (non-hydrogen) atoms. The number of nitrogens with zero attached hydrogens (tertiary/aromatic N) is 2. The first kappa shape index (κ1) is 18.1. The number of phenolic OH excluding ortho intramolecular Hbond substituents is 1. The van der Waals surface area contributed by atoms with Gasteiger partial charge in [-0.05, 0) is 35.4 Å². The SMILES string of the molecule is O=C(NC(c1ccccc1)c1ccc2cccnc2c1O)c1ccc2c(c1)CC=N2. The van der Waals surface area contributed by atoms with Crippen molar-refractivity contribution in [3.05, 3.63) is 101 Å². The van der Waals surface area contributed by atoms with Crippen molar-refractivity contribution in [2.24, 2.45) is 4.99 Å². The molecule has 1 atom stereocenters. The maximum atomic E-state index is 13.1. The van der Waals surface area contributed by atoms with Crippen LogP contribution in [0.1, 0.15) is 33.1 Å². The smallest absolute Gasteiger partial charge is 0.252 e. The average Bonchev–Trinajstić information content (AvgIpc) is 3.27. The van der Waals surface area contributed by atoms with Crippen LogP contribution < -0.4 is 5.32 Å². The molecule has 1 aromatic heterocycles. The summed E-state index contributed by atoms with van der Waals surface area (Å²) in [6, 6.07) is 22.1. The molecular weight excluding hydrogens is 374 g/mol. The second kappa shape index (κ2) is 7.44. The third kappa shape index (κ3) is 3.20. The highest BCUT2D eigenvalue weighted by Gasteiger charge is 2.23. The molecule has 0 bridgehead atoms. The highest BCUT2D eigenvalue weighted by Crippen LogP contribution is 2.34. The molecule has 0 radical (unpaired) electrons. The molecule has 0 spiro atoms. The van der Waals surface area contributed by atoms with Crippen LogP contribution in [0.3, 0.4) is 0 Å². The second-order valence-corrected chi connectivity index (χ2v) is 7.25. The topological polar surface area (TPSA) is 74.6 Å². The van der Waals surface area contributed by atoms with E-state index in [2.05, 4.69) is 15.3 Å². The molecule has 3 aromatic carbocycles. The summed E-state index contributed by atoms with van der Waals surface area (Å²) in [6.45, 7) is 0. The lowest BCUT2D eigenvalue weighted by Crippen LogP contribution is -2.29. The van der Waals surface area contributed by atoms with Crippen molar-refractivity contribution >= 4 is 28.7 Å². The number of aromatic nitrogens is 1. The van der Waals surface area contributed by atoms with E-state index >= 15 is 0 Å². The predicted molar refractivity (Wildman–Crippen MR) is 117 cm³/mol. The van der Waals surface area contributed by atoms with Gasteiger partial charge in [0.1, 0.15) is 11.3 Å². The molecule has 0 fully saturated rings. The molecule has 1 aliphatic heterocycles. The van der Waals surface area contributed by atoms with Gasteiger partial charge in [-0.15, -0.1) is 0 Å². The number of hydrogen-bond donors (Lipinski definition) is 2. The van der Waals surface area contributed by atoms with E-state index < -0.39 is 6.04 Å². The Balaban J connectivity index is 1.55. The highest BCUT2D eigenvalue weighted by molar-refractivity contribution is 5.96. The highest BCUT2D eigenvalue weighted by atomic mass is 16.3. The van der Waals surface area contributed by atoms with Crippen molar-refractivity contribution in [1.82, 2.24) is 10.3 Å². The van der Waals surface area contributed by atoms with E-state index in [1.165, 1.54) is 0 Å². The molecule has 5 rings (SSSR count). The van der Waals surface area contributed by atoms with Gasteiger partial charge in [0.25, 0.3) is 5.91 Å². The average molecular weight is 393 g/mol. The van der Waals surface area contributed by atoms with Crippen LogP contribution in [0.2, 0.25) is 0 Å². The summed E-state index contributed by atoms with van der Waals surface area (Å²) in [4.78, 5) is 21.7. The van der Waals surface area contributed by atoms with E-state index in [-0.39, 0.29) is 11.7 Å². The zero-order valence-electron chi connectivity index (χ0n) is 16.1. The minimum atomic E-state index is -0.519. The van der Waals surface area contributed by atoms with Crippen molar-refractivity contribution in [3.8, 4) is 5.75 Å². The molecule has 1 aliphatic rings. The van der Waals surface area contributed by atoms with Gasteiger partial charge in [-0.2, -0.15) is 0 Å². The molecule has 0 saturated heterocycles. The predicted octanol–water partition coefficient (Wildman–Crippen LogP) is 4.72. The van der Waals surface area contributed by atoms with Crippen LogP contribution >= 0.6 is 0 Å². The minimum Gasteiger partial charge on any atom is -0.505 e. The number of benzene rings is 3. The summed E-state index contributed by atoms with van der Waals surface area (Å²) in [7, 11) is 0. The van der Waals surface area contributed by atoms with Crippen molar-refractivity contribution in [3.63, 3.8) is 0 Å². The Hall–Kier alpha value is -3.99. The van der Waals surface area contributed by atoms with Crippen molar-refractivity contribution in [2.75, 3.05) is 0 Å². The number of rotatable bonds is 4. The van der Waals surface area contributed by atoms with Gasteiger partial charge in [0.05, 0.1) is 11.7 Å². The van der Waals surface area contributed by atoms with Gasteiger partial charge in [0, 0.05) is 35.3 Å². The quantitative estimate of drug-likeness (QED) is 0.527. The maximum absolute atomic E-state index is 13.1. The number of nitrogens with one attached hydrogen (secondary N) is 1. The number of aliphatic imine (C=N–C) groups is 1. The van der Waals surface area contributed by atoms with Crippen LogP contribution in [0.5, 0.6) is 5.75 Å². The van der Waals surface area contributed by atoms with E-state index in [4.69, 9.17) is 0 Å². The third-order valence-corrected chi connectivity index (χ3v) is 5.38. The zero-order chi connectivity index (χ0) is 20.5. The number of fused-ring (bicyclic) bond motifs is 2. The van der Waals surface area contributed by atoms with Crippen LogP contribution in [0.15, 0.2) is 84.0 Å². The van der Waals surface area contributed by atoms with E-state index in [1.54, 1.807) is 12.3 Å². The number of pyridine rings is 1. The Kier molecular flexibility index (Phi) is 4.48. The Morgan fingerprint density at radius 1 is 1.00 bits per heavy atom. The Labute approximate surface area is 173 Å². The number of carbonyl (C=O) groups is 1. The van der Waals surface area contributed by atoms with E-state index in [0.717, 1.165) is 28.6 Å². The fraction of sp³-hybridized carbons (Fsp3) is 0.0800. The summed E-state index contributed by atoms with van der Waals surface area (Å²) in [5.74, 6) is -0.135. The summed E-state index contributed by atoms with van der Waals surface area (Å²) >= 11 is 0. The number of phenols is 1. The van der Waals surface area contributed by atoms with Gasteiger partial charge in [0.2, 0.25) is 0 Å². The fourth-order valence-electron chi connectivity index (χ4n) is 3.84. The molecule has 146 valence electrons. The van der Waals surface area contributed by atoms with Gasteiger partial charge in [0.15, 0.2) is 0 Å². The monoisotopic (exact) mass is 393 g/mol. The lowest BCUT2D eigenvalue weighted by atomic mass is 9.95. The van der Waals surface area contributed by atoms with E-state index in [0.29, 0.717) is 16.6 Å². The molecule has 4 aromatic rings.